The van der Waals surface area contributed by atoms with Gasteiger partial charge in [-0.2, -0.15) is 0 Å². The molecule has 0 spiro atoms. The Morgan fingerprint density at radius 1 is 1.29 bits per heavy atom. The first-order valence-corrected chi connectivity index (χ1v) is 7.65. The highest BCUT2D eigenvalue weighted by Crippen LogP contribution is 2.29. The molecule has 21 heavy (non-hydrogen) atoms. The van der Waals surface area contributed by atoms with Crippen molar-refractivity contribution in [3.8, 4) is 5.75 Å². The monoisotopic (exact) mass is 292 g/mol. The van der Waals surface area contributed by atoms with Crippen LogP contribution in [-0.4, -0.2) is 26.6 Å². The second-order valence-electron chi connectivity index (χ2n) is 5.70. The molecule has 1 amide bonds. The molecule has 1 atom stereocenters. The summed E-state index contributed by atoms with van der Waals surface area (Å²) in [5.41, 5.74) is 1.05. The average molecular weight is 292 g/mol. The van der Waals surface area contributed by atoms with Gasteiger partial charge in [0.05, 0.1) is 13.2 Å². The predicted octanol–water partition coefficient (Wildman–Crippen LogP) is 2.90. The van der Waals surface area contributed by atoms with Gasteiger partial charge in [-0.1, -0.05) is 32.0 Å². The lowest BCUT2D eigenvalue weighted by atomic mass is 9.96. The van der Waals surface area contributed by atoms with Gasteiger partial charge in [-0.3, -0.25) is 4.79 Å². The lowest BCUT2D eigenvalue weighted by molar-refractivity contribution is -0.122. The minimum atomic E-state index is 0.00300. The van der Waals surface area contributed by atoms with Gasteiger partial charge in [-0.25, -0.2) is 0 Å². The summed E-state index contributed by atoms with van der Waals surface area (Å²) in [6.45, 7) is 5.18. The number of ether oxygens (including phenoxy) is 1. The van der Waals surface area contributed by atoms with Gasteiger partial charge in [0.2, 0.25) is 5.91 Å². The molecule has 0 radical (unpaired) electrons. The number of para-hydroxylation sites is 1. The second-order valence-corrected chi connectivity index (χ2v) is 5.70. The summed E-state index contributed by atoms with van der Waals surface area (Å²) in [6, 6.07) is 7.90. The number of carbonyl (C=O) groups is 1. The molecule has 0 fully saturated rings. The highest BCUT2D eigenvalue weighted by Gasteiger charge is 2.19. The number of amides is 1. The Hall–Kier alpha value is -1.55. The first kappa shape index (κ1) is 17.5. The van der Waals surface area contributed by atoms with E-state index in [0.717, 1.165) is 30.7 Å². The highest BCUT2D eigenvalue weighted by molar-refractivity contribution is 5.76. The van der Waals surface area contributed by atoms with Crippen molar-refractivity contribution in [1.82, 2.24) is 10.6 Å². The molecule has 118 valence electrons. The molecule has 0 aliphatic carbocycles. The summed E-state index contributed by atoms with van der Waals surface area (Å²) < 4.78 is 5.43. The van der Waals surface area contributed by atoms with E-state index in [0.29, 0.717) is 12.3 Å². The van der Waals surface area contributed by atoms with Crippen LogP contribution >= 0.6 is 0 Å². The number of carbonyl (C=O) groups excluding carboxylic acids is 1. The maximum absolute atomic E-state index is 12.1. The summed E-state index contributed by atoms with van der Waals surface area (Å²) in [5.74, 6) is 1.43. The Kier molecular flexibility index (Phi) is 7.83. The summed E-state index contributed by atoms with van der Waals surface area (Å²) in [4.78, 5) is 12.1. The van der Waals surface area contributed by atoms with Crippen LogP contribution in [0.25, 0.3) is 0 Å². The summed E-state index contributed by atoms with van der Waals surface area (Å²) in [6.07, 6.45) is 2.30. The van der Waals surface area contributed by atoms with Crippen LogP contribution in [-0.2, 0) is 4.79 Å². The molecule has 0 aliphatic heterocycles. The minimum absolute atomic E-state index is 0.00300. The van der Waals surface area contributed by atoms with Crippen molar-refractivity contribution < 1.29 is 9.53 Å². The molecule has 1 aromatic carbocycles. The topological polar surface area (TPSA) is 50.4 Å². The van der Waals surface area contributed by atoms with Crippen LogP contribution in [0.5, 0.6) is 5.75 Å². The van der Waals surface area contributed by atoms with E-state index >= 15 is 0 Å². The van der Waals surface area contributed by atoms with Crippen LogP contribution in [0, 0.1) is 5.92 Å². The molecule has 0 saturated heterocycles. The van der Waals surface area contributed by atoms with E-state index in [1.807, 2.05) is 31.3 Å². The fourth-order valence-corrected chi connectivity index (χ4v) is 2.38. The quantitative estimate of drug-likeness (QED) is 0.688. The third-order valence-electron chi connectivity index (χ3n) is 3.39. The van der Waals surface area contributed by atoms with E-state index in [-0.39, 0.29) is 11.9 Å². The number of hydrogen-bond acceptors (Lipinski definition) is 3. The molecule has 0 heterocycles. The van der Waals surface area contributed by atoms with Gasteiger partial charge in [0.25, 0.3) is 0 Å². The standard InChI is InChI=1S/C17H28N2O2/c1-13(2)12-15(19-17(20)10-7-11-18-3)14-8-5-6-9-16(14)21-4/h5-6,8-9,13,15,18H,7,10-12H2,1-4H3,(H,19,20). The Bertz CT molecular complexity index is 433. The zero-order valence-corrected chi connectivity index (χ0v) is 13.6. The van der Waals surface area contributed by atoms with Gasteiger partial charge in [0, 0.05) is 12.0 Å². The normalized spacial score (nSPS) is 12.2. The van der Waals surface area contributed by atoms with E-state index in [1.165, 1.54) is 0 Å². The van der Waals surface area contributed by atoms with Crippen LogP contribution in [0.2, 0.25) is 0 Å². The molecule has 2 N–H and O–H groups in total. The molecule has 0 bridgehead atoms. The van der Waals surface area contributed by atoms with Crippen LogP contribution < -0.4 is 15.4 Å². The molecule has 1 aromatic rings. The predicted molar refractivity (Wildman–Crippen MR) is 86.5 cm³/mol. The summed E-state index contributed by atoms with van der Waals surface area (Å²) in [5, 5.41) is 6.21. The third kappa shape index (κ3) is 6.17. The first-order chi connectivity index (χ1) is 10.1. The number of nitrogens with one attached hydrogen (secondary N) is 2. The van der Waals surface area contributed by atoms with Crippen molar-refractivity contribution in [3.63, 3.8) is 0 Å². The van der Waals surface area contributed by atoms with E-state index in [4.69, 9.17) is 4.74 Å². The van der Waals surface area contributed by atoms with Gasteiger partial charge in [-0.05, 0) is 38.4 Å². The fourth-order valence-electron chi connectivity index (χ4n) is 2.38. The zero-order chi connectivity index (χ0) is 15.7. The highest BCUT2D eigenvalue weighted by atomic mass is 16.5. The van der Waals surface area contributed by atoms with Crippen molar-refractivity contribution in [2.75, 3.05) is 20.7 Å². The second kappa shape index (κ2) is 9.40. The SMILES string of the molecule is CNCCCC(=O)NC(CC(C)C)c1ccccc1OC. The summed E-state index contributed by atoms with van der Waals surface area (Å²) in [7, 11) is 3.56. The average Bonchev–Trinajstić information content (AvgIpc) is 2.46. The Balaban J connectivity index is 2.78. The Labute approximate surface area is 128 Å². The minimum Gasteiger partial charge on any atom is -0.496 e. The van der Waals surface area contributed by atoms with Crippen molar-refractivity contribution in [1.29, 1.82) is 0 Å². The molecule has 1 unspecified atom stereocenters. The lowest BCUT2D eigenvalue weighted by Crippen LogP contribution is -2.30. The first-order valence-electron chi connectivity index (χ1n) is 7.65. The van der Waals surface area contributed by atoms with Crippen LogP contribution in [0.1, 0.15) is 44.7 Å². The maximum Gasteiger partial charge on any atom is 0.220 e. The van der Waals surface area contributed by atoms with Gasteiger partial charge in [-0.15, -0.1) is 0 Å². The van der Waals surface area contributed by atoms with Gasteiger partial charge < -0.3 is 15.4 Å². The van der Waals surface area contributed by atoms with Gasteiger partial charge in [0.15, 0.2) is 0 Å². The Morgan fingerprint density at radius 3 is 2.62 bits per heavy atom. The number of benzene rings is 1. The van der Waals surface area contributed by atoms with E-state index in [9.17, 15) is 4.79 Å². The largest absolute Gasteiger partial charge is 0.496 e. The molecular weight excluding hydrogens is 264 g/mol. The lowest BCUT2D eigenvalue weighted by Gasteiger charge is -2.23. The molecule has 4 nitrogen and oxygen atoms in total. The maximum atomic E-state index is 12.1. The Morgan fingerprint density at radius 2 is 2.00 bits per heavy atom. The van der Waals surface area contributed by atoms with Crippen molar-refractivity contribution in [2.45, 2.75) is 39.2 Å². The summed E-state index contributed by atoms with van der Waals surface area (Å²) >= 11 is 0. The third-order valence-corrected chi connectivity index (χ3v) is 3.39. The molecule has 1 rings (SSSR count). The smallest absolute Gasteiger partial charge is 0.220 e. The van der Waals surface area contributed by atoms with Gasteiger partial charge in [0.1, 0.15) is 5.75 Å². The van der Waals surface area contributed by atoms with E-state index in [1.54, 1.807) is 7.11 Å². The molecule has 4 heteroatoms. The van der Waals surface area contributed by atoms with E-state index in [2.05, 4.69) is 24.5 Å². The zero-order valence-electron chi connectivity index (χ0n) is 13.6. The molecule has 0 saturated carbocycles. The number of methoxy groups -OCH3 is 1. The van der Waals surface area contributed by atoms with Crippen molar-refractivity contribution >= 4 is 5.91 Å². The number of rotatable bonds is 9. The fraction of sp³-hybridized carbons (Fsp3) is 0.588. The van der Waals surface area contributed by atoms with Gasteiger partial charge >= 0.3 is 0 Å². The molecule has 0 aliphatic rings. The van der Waals surface area contributed by atoms with E-state index < -0.39 is 0 Å². The van der Waals surface area contributed by atoms with Crippen LogP contribution in [0.3, 0.4) is 0 Å². The molecular formula is C17H28N2O2. The van der Waals surface area contributed by atoms with Crippen molar-refractivity contribution in [3.05, 3.63) is 29.8 Å². The van der Waals surface area contributed by atoms with Crippen LogP contribution in [0.15, 0.2) is 24.3 Å². The number of hydrogen-bond donors (Lipinski definition) is 2. The molecule has 0 aromatic heterocycles. The van der Waals surface area contributed by atoms with Crippen molar-refractivity contribution in [2.24, 2.45) is 5.92 Å². The van der Waals surface area contributed by atoms with Crippen LogP contribution in [0.4, 0.5) is 0 Å².